The Balaban J connectivity index is 2.38. The number of hydrogen-bond acceptors (Lipinski definition) is 7. The van der Waals surface area contributed by atoms with E-state index in [9.17, 15) is 4.79 Å². The van der Waals surface area contributed by atoms with E-state index in [0.717, 1.165) is 16.6 Å². The number of carbonyl (C=O) groups excluding carboxylic acids is 1. The Kier molecular flexibility index (Phi) is 5.44. The Morgan fingerprint density at radius 2 is 2.24 bits per heavy atom. The Morgan fingerprint density at radius 3 is 2.86 bits per heavy atom. The summed E-state index contributed by atoms with van der Waals surface area (Å²) in [6.07, 6.45) is 0.761. The number of halogens is 1. The molecule has 21 heavy (non-hydrogen) atoms. The summed E-state index contributed by atoms with van der Waals surface area (Å²) in [6, 6.07) is 3.17. The third-order valence-electron chi connectivity index (χ3n) is 2.52. The zero-order valence-electron chi connectivity index (χ0n) is 11.6. The molecule has 0 spiro atoms. The molecule has 0 unspecified atom stereocenters. The van der Waals surface area contributed by atoms with Gasteiger partial charge in [-0.1, -0.05) is 30.3 Å². The summed E-state index contributed by atoms with van der Waals surface area (Å²) in [5.74, 6) is 0.321. The maximum absolute atomic E-state index is 12.0. The number of nitrogens with zero attached hydrogens (tertiary/aromatic N) is 2. The van der Waals surface area contributed by atoms with Crippen LogP contribution >= 0.6 is 34.9 Å². The van der Waals surface area contributed by atoms with Gasteiger partial charge in [-0.2, -0.15) is 4.37 Å². The Morgan fingerprint density at radius 1 is 1.48 bits per heavy atom. The average molecular weight is 344 g/mol. The smallest absolute Gasteiger partial charge is 0.339 e. The summed E-state index contributed by atoms with van der Waals surface area (Å²) >= 11 is 8.79. The van der Waals surface area contributed by atoms with Crippen molar-refractivity contribution in [2.45, 2.75) is 29.5 Å². The lowest BCUT2D eigenvalue weighted by atomic mass is 10.2. The van der Waals surface area contributed by atoms with E-state index < -0.39 is 5.97 Å². The van der Waals surface area contributed by atoms with Crippen LogP contribution in [0.1, 0.15) is 30.0 Å². The fourth-order valence-electron chi connectivity index (χ4n) is 1.59. The number of benzene rings is 1. The first-order valence-electron chi connectivity index (χ1n) is 6.31. The zero-order valence-corrected chi connectivity index (χ0v) is 13.9. The lowest BCUT2D eigenvalue weighted by Crippen LogP contribution is -2.07. The van der Waals surface area contributed by atoms with E-state index in [1.165, 1.54) is 23.3 Å². The molecule has 0 radical (unpaired) electrons. The number of nitrogen functional groups attached to an aromatic ring is 1. The largest absolute Gasteiger partial charge is 0.462 e. The summed E-state index contributed by atoms with van der Waals surface area (Å²) in [6.45, 7) is 4.02. The van der Waals surface area contributed by atoms with Crippen LogP contribution in [0, 0.1) is 0 Å². The van der Waals surface area contributed by atoms with Crippen LogP contribution in [0.25, 0.3) is 0 Å². The second kappa shape index (κ2) is 7.11. The van der Waals surface area contributed by atoms with Crippen molar-refractivity contribution < 1.29 is 9.53 Å². The molecule has 1 aromatic heterocycles. The number of carbonyl (C=O) groups is 1. The number of hydrogen-bond donors (Lipinski definition) is 1. The highest BCUT2D eigenvalue weighted by Gasteiger charge is 2.19. The molecule has 5 nitrogen and oxygen atoms in total. The minimum Gasteiger partial charge on any atom is -0.462 e. The Bertz CT molecular complexity index is 661. The number of aromatic nitrogens is 2. The summed E-state index contributed by atoms with van der Waals surface area (Å²) in [5, 5.41) is 0.399. The van der Waals surface area contributed by atoms with Gasteiger partial charge in [0.05, 0.1) is 17.2 Å². The van der Waals surface area contributed by atoms with Crippen LogP contribution in [0.3, 0.4) is 0 Å². The molecule has 0 fully saturated rings. The standard InChI is InChI=1S/C13H14ClN3O2S2/c1-3-10-16-13(21-17-10)20-11-8(12(18)19-4-2)5-7(15)6-9(11)14/h5-6H,3-4,15H2,1-2H3. The number of ether oxygens (including phenoxy) is 1. The minimum atomic E-state index is -0.450. The average Bonchev–Trinajstić information content (AvgIpc) is 2.89. The number of anilines is 1. The van der Waals surface area contributed by atoms with Crippen molar-refractivity contribution in [3.8, 4) is 0 Å². The first-order chi connectivity index (χ1) is 10.0. The van der Waals surface area contributed by atoms with Gasteiger partial charge in [0, 0.05) is 17.0 Å². The molecule has 1 aromatic carbocycles. The highest BCUT2D eigenvalue weighted by molar-refractivity contribution is 8.01. The SMILES string of the molecule is CCOC(=O)c1cc(N)cc(Cl)c1Sc1nc(CC)ns1. The maximum Gasteiger partial charge on any atom is 0.339 e. The normalized spacial score (nSPS) is 10.6. The van der Waals surface area contributed by atoms with Crippen LogP contribution in [0.4, 0.5) is 5.69 Å². The molecule has 2 rings (SSSR count). The topological polar surface area (TPSA) is 78.1 Å². The molecule has 0 aliphatic heterocycles. The van der Waals surface area contributed by atoms with Gasteiger partial charge in [0.25, 0.3) is 0 Å². The van der Waals surface area contributed by atoms with Crippen molar-refractivity contribution in [3.05, 3.63) is 28.5 Å². The first kappa shape index (κ1) is 16.1. The molecular weight excluding hydrogens is 330 g/mol. The fourth-order valence-corrected chi connectivity index (χ4v) is 3.68. The van der Waals surface area contributed by atoms with Crippen molar-refractivity contribution in [1.29, 1.82) is 0 Å². The molecule has 112 valence electrons. The summed E-state index contributed by atoms with van der Waals surface area (Å²) < 4.78 is 9.98. The molecule has 1 heterocycles. The van der Waals surface area contributed by atoms with E-state index in [1.54, 1.807) is 19.1 Å². The predicted molar refractivity (Wildman–Crippen MR) is 85.2 cm³/mol. The summed E-state index contributed by atoms with van der Waals surface area (Å²) in [7, 11) is 0. The van der Waals surface area contributed by atoms with Crippen molar-refractivity contribution in [2.24, 2.45) is 0 Å². The van der Waals surface area contributed by atoms with Crippen LogP contribution in [0.15, 0.2) is 21.4 Å². The van der Waals surface area contributed by atoms with Gasteiger partial charge in [0.1, 0.15) is 5.82 Å². The van der Waals surface area contributed by atoms with Gasteiger partial charge in [-0.05, 0) is 30.6 Å². The Hall–Kier alpha value is -1.31. The maximum atomic E-state index is 12.0. The molecular formula is C13H14ClN3O2S2. The molecule has 0 saturated carbocycles. The van der Waals surface area contributed by atoms with Gasteiger partial charge < -0.3 is 10.5 Å². The van der Waals surface area contributed by atoms with Gasteiger partial charge in [-0.15, -0.1) is 0 Å². The van der Waals surface area contributed by atoms with Crippen LogP contribution in [0.2, 0.25) is 5.02 Å². The van der Waals surface area contributed by atoms with Crippen LogP contribution in [0.5, 0.6) is 0 Å². The van der Waals surface area contributed by atoms with Gasteiger partial charge in [0.15, 0.2) is 4.34 Å². The highest BCUT2D eigenvalue weighted by atomic mass is 35.5. The van der Waals surface area contributed by atoms with Crippen molar-refractivity contribution in [1.82, 2.24) is 9.36 Å². The van der Waals surface area contributed by atoms with E-state index in [0.29, 0.717) is 21.2 Å². The zero-order chi connectivity index (χ0) is 15.4. The second-order valence-electron chi connectivity index (χ2n) is 4.03. The lowest BCUT2D eigenvalue weighted by molar-refractivity contribution is 0.0522. The first-order valence-corrected chi connectivity index (χ1v) is 8.28. The minimum absolute atomic E-state index is 0.286. The monoisotopic (exact) mass is 343 g/mol. The molecule has 0 aliphatic carbocycles. The predicted octanol–water partition coefficient (Wildman–Crippen LogP) is 3.66. The number of rotatable bonds is 5. The van der Waals surface area contributed by atoms with Gasteiger partial charge in [-0.3, -0.25) is 0 Å². The molecule has 0 amide bonds. The van der Waals surface area contributed by atoms with Gasteiger partial charge in [-0.25, -0.2) is 9.78 Å². The van der Waals surface area contributed by atoms with Gasteiger partial charge in [0.2, 0.25) is 0 Å². The molecule has 0 aliphatic rings. The molecule has 0 bridgehead atoms. The summed E-state index contributed by atoms with van der Waals surface area (Å²) in [5.41, 5.74) is 6.52. The fraction of sp³-hybridized carbons (Fsp3) is 0.308. The van der Waals surface area contributed by atoms with Crippen molar-refractivity contribution in [3.63, 3.8) is 0 Å². The van der Waals surface area contributed by atoms with Crippen LogP contribution in [-0.2, 0) is 11.2 Å². The van der Waals surface area contributed by atoms with E-state index >= 15 is 0 Å². The highest BCUT2D eigenvalue weighted by Crippen LogP contribution is 2.38. The number of aryl methyl sites for hydroxylation is 1. The van der Waals surface area contributed by atoms with E-state index in [2.05, 4.69) is 9.36 Å². The number of esters is 1. The molecule has 2 aromatic rings. The van der Waals surface area contributed by atoms with E-state index in [4.69, 9.17) is 22.1 Å². The third-order valence-corrected chi connectivity index (χ3v) is 4.86. The number of nitrogens with two attached hydrogens (primary N) is 1. The molecule has 0 saturated heterocycles. The Labute approximate surface area is 136 Å². The quantitative estimate of drug-likeness (QED) is 0.659. The van der Waals surface area contributed by atoms with E-state index in [1.807, 2.05) is 6.92 Å². The van der Waals surface area contributed by atoms with E-state index in [-0.39, 0.29) is 6.61 Å². The third kappa shape index (κ3) is 3.87. The molecule has 2 N–H and O–H groups in total. The van der Waals surface area contributed by atoms with Crippen molar-refractivity contribution in [2.75, 3.05) is 12.3 Å². The van der Waals surface area contributed by atoms with Crippen LogP contribution in [-0.4, -0.2) is 21.9 Å². The van der Waals surface area contributed by atoms with Crippen molar-refractivity contribution >= 4 is 46.6 Å². The molecule has 0 atom stereocenters. The molecule has 8 heteroatoms. The lowest BCUT2D eigenvalue weighted by Gasteiger charge is -2.10. The van der Waals surface area contributed by atoms with Crippen LogP contribution < -0.4 is 5.73 Å². The summed E-state index contributed by atoms with van der Waals surface area (Å²) in [4.78, 5) is 17.0. The van der Waals surface area contributed by atoms with Gasteiger partial charge >= 0.3 is 5.97 Å². The second-order valence-corrected chi connectivity index (χ2v) is 6.45.